The van der Waals surface area contributed by atoms with E-state index in [0.717, 1.165) is 24.4 Å². The van der Waals surface area contributed by atoms with Gasteiger partial charge in [0, 0.05) is 6.61 Å². The molecule has 2 rings (SSSR count). The number of ether oxygens (including phenoxy) is 2. The lowest BCUT2D eigenvalue weighted by molar-refractivity contribution is -0.169. The summed E-state index contributed by atoms with van der Waals surface area (Å²) in [6.07, 6.45) is 16.7. The maximum Gasteiger partial charge on any atom is 0.155 e. The zero-order valence-electron chi connectivity index (χ0n) is 15.9. The van der Waals surface area contributed by atoms with Gasteiger partial charge in [-0.05, 0) is 63.2 Å². The van der Waals surface area contributed by atoms with Crippen molar-refractivity contribution in [1.29, 1.82) is 0 Å². The molecule has 0 N–H and O–H groups in total. The highest BCUT2D eigenvalue weighted by molar-refractivity contribution is 4.76. The topological polar surface area (TPSA) is 18.5 Å². The molecule has 0 aromatic carbocycles. The highest BCUT2D eigenvalue weighted by atomic mass is 16.7. The first-order valence-electron chi connectivity index (χ1n) is 10.5. The second-order valence-corrected chi connectivity index (χ2v) is 8.14. The van der Waals surface area contributed by atoms with E-state index in [1.165, 1.54) is 77.0 Å². The average Bonchev–Trinajstić information content (AvgIpc) is 2.59. The first kappa shape index (κ1) is 19.2. The van der Waals surface area contributed by atoms with Crippen molar-refractivity contribution >= 4 is 0 Å². The molecule has 2 unspecified atom stereocenters. The van der Waals surface area contributed by atoms with E-state index in [0.29, 0.717) is 6.10 Å². The zero-order chi connectivity index (χ0) is 16.5. The summed E-state index contributed by atoms with van der Waals surface area (Å²) in [6, 6.07) is 0. The average molecular weight is 325 g/mol. The van der Waals surface area contributed by atoms with Crippen LogP contribution >= 0.6 is 0 Å². The Kier molecular flexibility index (Phi) is 8.97. The van der Waals surface area contributed by atoms with Crippen LogP contribution in [-0.2, 0) is 9.47 Å². The molecular weight excluding hydrogens is 284 g/mol. The van der Waals surface area contributed by atoms with Gasteiger partial charge in [-0.25, -0.2) is 0 Å². The van der Waals surface area contributed by atoms with E-state index in [-0.39, 0.29) is 6.29 Å². The Hall–Kier alpha value is -0.0800. The predicted molar refractivity (Wildman–Crippen MR) is 97.5 cm³/mol. The normalized spacial score (nSPS) is 29.3. The molecule has 2 saturated carbocycles. The number of rotatable bonds is 9. The SMILES string of the molecule is CCC(C)C1CCC(OC(C)OCCCC2CCCCC2)CC1. The third-order valence-electron chi connectivity index (χ3n) is 6.39. The molecule has 2 heteroatoms. The Balaban J connectivity index is 1.50. The Morgan fingerprint density at radius 3 is 2.26 bits per heavy atom. The minimum Gasteiger partial charge on any atom is -0.353 e. The maximum absolute atomic E-state index is 6.12. The molecule has 0 aromatic heterocycles. The maximum atomic E-state index is 6.12. The van der Waals surface area contributed by atoms with Gasteiger partial charge in [0.25, 0.3) is 0 Å². The van der Waals surface area contributed by atoms with Gasteiger partial charge >= 0.3 is 0 Å². The van der Waals surface area contributed by atoms with E-state index in [2.05, 4.69) is 20.8 Å². The summed E-state index contributed by atoms with van der Waals surface area (Å²) in [4.78, 5) is 0. The minimum absolute atomic E-state index is 0.0218. The van der Waals surface area contributed by atoms with E-state index in [1.807, 2.05) is 0 Å². The highest BCUT2D eigenvalue weighted by Gasteiger charge is 2.26. The van der Waals surface area contributed by atoms with Crippen LogP contribution < -0.4 is 0 Å². The van der Waals surface area contributed by atoms with E-state index < -0.39 is 0 Å². The van der Waals surface area contributed by atoms with Crippen molar-refractivity contribution in [2.45, 2.75) is 110 Å². The monoisotopic (exact) mass is 324 g/mol. The summed E-state index contributed by atoms with van der Waals surface area (Å²) < 4.78 is 12.0. The summed E-state index contributed by atoms with van der Waals surface area (Å²) >= 11 is 0. The third-order valence-corrected chi connectivity index (χ3v) is 6.39. The van der Waals surface area contributed by atoms with E-state index >= 15 is 0 Å². The highest BCUT2D eigenvalue weighted by Crippen LogP contribution is 2.33. The molecule has 0 spiro atoms. The van der Waals surface area contributed by atoms with Crippen molar-refractivity contribution in [3.05, 3.63) is 0 Å². The van der Waals surface area contributed by atoms with Crippen LogP contribution in [0.15, 0.2) is 0 Å². The zero-order valence-corrected chi connectivity index (χ0v) is 15.9. The predicted octanol–water partition coefficient (Wildman–Crippen LogP) is 6.33. The van der Waals surface area contributed by atoms with Gasteiger partial charge in [-0.3, -0.25) is 0 Å². The van der Waals surface area contributed by atoms with Crippen molar-refractivity contribution < 1.29 is 9.47 Å². The summed E-state index contributed by atoms with van der Waals surface area (Å²) in [7, 11) is 0. The van der Waals surface area contributed by atoms with Gasteiger partial charge in [0.1, 0.15) is 0 Å². The molecule has 0 aromatic rings. The van der Waals surface area contributed by atoms with Gasteiger partial charge in [0.2, 0.25) is 0 Å². The fourth-order valence-electron chi connectivity index (χ4n) is 4.53. The van der Waals surface area contributed by atoms with Crippen molar-refractivity contribution in [2.24, 2.45) is 17.8 Å². The van der Waals surface area contributed by atoms with Crippen LogP contribution in [0, 0.1) is 17.8 Å². The summed E-state index contributed by atoms with van der Waals surface area (Å²) in [5, 5.41) is 0. The largest absolute Gasteiger partial charge is 0.353 e. The number of hydrogen-bond donors (Lipinski definition) is 0. The van der Waals surface area contributed by atoms with Crippen LogP contribution in [0.25, 0.3) is 0 Å². The second kappa shape index (κ2) is 10.7. The Bertz CT molecular complexity index is 290. The fraction of sp³-hybridized carbons (Fsp3) is 1.00. The first-order chi connectivity index (χ1) is 11.2. The van der Waals surface area contributed by atoms with Crippen LogP contribution in [0.2, 0.25) is 0 Å². The van der Waals surface area contributed by atoms with Crippen molar-refractivity contribution in [3.8, 4) is 0 Å². The molecule has 23 heavy (non-hydrogen) atoms. The molecule has 136 valence electrons. The number of hydrogen-bond acceptors (Lipinski definition) is 2. The molecule has 2 fully saturated rings. The van der Waals surface area contributed by atoms with Crippen molar-refractivity contribution in [1.82, 2.24) is 0 Å². The Morgan fingerprint density at radius 2 is 1.61 bits per heavy atom. The van der Waals surface area contributed by atoms with E-state index in [4.69, 9.17) is 9.47 Å². The summed E-state index contributed by atoms with van der Waals surface area (Å²) in [5.74, 6) is 2.77. The van der Waals surface area contributed by atoms with Crippen LogP contribution in [0.4, 0.5) is 0 Å². The molecule has 0 bridgehead atoms. The first-order valence-corrected chi connectivity index (χ1v) is 10.5. The molecule has 0 radical (unpaired) electrons. The van der Waals surface area contributed by atoms with Gasteiger partial charge in [-0.1, -0.05) is 52.4 Å². The molecule has 2 aliphatic rings. The van der Waals surface area contributed by atoms with E-state index in [9.17, 15) is 0 Å². The molecule has 0 heterocycles. The summed E-state index contributed by atoms with van der Waals surface area (Å²) in [6.45, 7) is 7.68. The third kappa shape index (κ3) is 7.13. The molecule has 0 saturated heterocycles. The minimum atomic E-state index is -0.0218. The lowest BCUT2D eigenvalue weighted by Crippen LogP contribution is -2.29. The lowest BCUT2D eigenvalue weighted by atomic mass is 9.79. The molecular formula is C21H40O2. The van der Waals surface area contributed by atoms with Gasteiger partial charge in [0.15, 0.2) is 6.29 Å². The van der Waals surface area contributed by atoms with Gasteiger partial charge in [-0.15, -0.1) is 0 Å². The molecule has 0 amide bonds. The quantitative estimate of drug-likeness (QED) is 0.364. The molecule has 2 aliphatic carbocycles. The van der Waals surface area contributed by atoms with Crippen molar-refractivity contribution in [2.75, 3.05) is 6.61 Å². The second-order valence-electron chi connectivity index (χ2n) is 8.14. The van der Waals surface area contributed by atoms with Crippen LogP contribution in [0.1, 0.15) is 97.8 Å². The Labute approximate surface area is 144 Å². The summed E-state index contributed by atoms with van der Waals surface area (Å²) in [5.41, 5.74) is 0. The van der Waals surface area contributed by atoms with Gasteiger partial charge in [-0.2, -0.15) is 0 Å². The molecule has 2 nitrogen and oxygen atoms in total. The molecule has 2 atom stereocenters. The van der Waals surface area contributed by atoms with E-state index in [1.54, 1.807) is 0 Å². The van der Waals surface area contributed by atoms with Crippen LogP contribution in [0.5, 0.6) is 0 Å². The standard InChI is InChI=1S/C21H40O2/c1-4-17(2)20-12-14-21(15-13-20)23-18(3)22-16-8-11-19-9-6-5-7-10-19/h17-21H,4-16H2,1-3H3. The Morgan fingerprint density at radius 1 is 0.913 bits per heavy atom. The van der Waals surface area contributed by atoms with Gasteiger partial charge in [0.05, 0.1) is 6.10 Å². The smallest absolute Gasteiger partial charge is 0.155 e. The van der Waals surface area contributed by atoms with Gasteiger partial charge < -0.3 is 9.47 Å². The lowest BCUT2D eigenvalue weighted by Gasteiger charge is -2.33. The molecule has 0 aliphatic heterocycles. The van der Waals surface area contributed by atoms with Crippen LogP contribution in [-0.4, -0.2) is 19.0 Å². The van der Waals surface area contributed by atoms with Crippen LogP contribution in [0.3, 0.4) is 0 Å². The fourth-order valence-corrected chi connectivity index (χ4v) is 4.53. The van der Waals surface area contributed by atoms with Crippen molar-refractivity contribution in [3.63, 3.8) is 0 Å².